The van der Waals surface area contributed by atoms with Gasteiger partial charge in [-0.15, -0.1) is 0 Å². The van der Waals surface area contributed by atoms with Gasteiger partial charge in [0.15, 0.2) is 0 Å². The van der Waals surface area contributed by atoms with E-state index in [4.69, 9.17) is 4.74 Å². The third kappa shape index (κ3) is 1.91. The minimum atomic E-state index is 0.382. The van der Waals surface area contributed by atoms with Crippen LogP contribution in [0.2, 0.25) is 0 Å². The number of nitrogens with zero attached hydrogens (tertiary/aromatic N) is 2. The number of alkyl halides is 1. The van der Waals surface area contributed by atoms with Gasteiger partial charge in [-0.25, -0.2) is 4.98 Å². The number of rotatable bonds is 3. The number of hydrogen-bond acceptors (Lipinski definition) is 3. The zero-order valence-electron chi connectivity index (χ0n) is 8.11. The van der Waals surface area contributed by atoms with E-state index in [0.717, 1.165) is 24.2 Å². The Balaban J connectivity index is 1.98. The summed E-state index contributed by atoms with van der Waals surface area (Å²) in [6, 6.07) is 4.15. The van der Waals surface area contributed by atoms with Gasteiger partial charge in [-0.1, -0.05) is 22.0 Å². The molecule has 1 aliphatic heterocycles. The van der Waals surface area contributed by atoms with Crippen molar-refractivity contribution in [2.75, 3.05) is 25.1 Å². The van der Waals surface area contributed by atoms with E-state index >= 15 is 0 Å². The highest BCUT2D eigenvalue weighted by Gasteiger charge is 2.26. The quantitative estimate of drug-likeness (QED) is 0.772. The van der Waals surface area contributed by atoms with Gasteiger partial charge in [0.1, 0.15) is 5.82 Å². The minimum absolute atomic E-state index is 0.382. The van der Waals surface area contributed by atoms with Crippen LogP contribution in [0.1, 0.15) is 5.56 Å². The lowest BCUT2D eigenvalue weighted by Gasteiger charge is -2.38. The van der Waals surface area contributed by atoms with Crippen molar-refractivity contribution in [2.24, 2.45) is 0 Å². The van der Waals surface area contributed by atoms with E-state index in [1.54, 1.807) is 7.11 Å². The van der Waals surface area contributed by atoms with Gasteiger partial charge in [-0.05, 0) is 11.6 Å². The molecule has 1 saturated heterocycles. The number of aromatic nitrogens is 1. The smallest absolute Gasteiger partial charge is 0.128 e. The third-order valence-corrected chi connectivity index (χ3v) is 3.12. The maximum absolute atomic E-state index is 5.21. The molecule has 0 spiro atoms. The second-order valence-corrected chi connectivity index (χ2v) is 3.98. The molecule has 0 bridgehead atoms. The van der Waals surface area contributed by atoms with Crippen molar-refractivity contribution in [1.29, 1.82) is 0 Å². The monoisotopic (exact) mass is 256 g/mol. The molecule has 1 aromatic heterocycles. The van der Waals surface area contributed by atoms with Crippen LogP contribution in [0.3, 0.4) is 0 Å². The molecule has 1 fully saturated rings. The second-order valence-electron chi connectivity index (χ2n) is 3.42. The van der Waals surface area contributed by atoms with Gasteiger partial charge in [-0.3, -0.25) is 0 Å². The lowest BCUT2D eigenvalue weighted by atomic mass is 10.1. The lowest BCUT2D eigenvalue weighted by Crippen LogP contribution is -2.52. The van der Waals surface area contributed by atoms with Crippen LogP contribution in [0.25, 0.3) is 0 Å². The highest BCUT2D eigenvalue weighted by molar-refractivity contribution is 9.08. The Morgan fingerprint density at radius 2 is 2.36 bits per heavy atom. The van der Waals surface area contributed by atoms with Gasteiger partial charge >= 0.3 is 0 Å². The SMILES string of the molecule is COC1CN(c2ccc(CBr)cn2)C1. The molecule has 76 valence electrons. The molecule has 3 nitrogen and oxygen atoms in total. The first-order valence-electron chi connectivity index (χ1n) is 4.62. The Hall–Kier alpha value is -0.610. The van der Waals surface area contributed by atoms with Crippen LogP contribution in [0.4, 0.5) is 5.82 Å². The molecule has 0 radical (unpaired) electrons. The number of anilines is 1. The zero-order valence-corrected chi connectivity index (χ0v) is 9.70. The summed E-state index contributed by atoms with van der Waals surface area (Å²) in [5.41, 5.74) is 1.21. The fourth-order valence-corrected chi connectivity index (χ4v) is 1.79. The summed E-state index contributed by atoms with van der Waals surface area (Å²) in [6.07, 6.45) is 2.29. The Labute approximate surface area is 92.2 Å². The number of ether oxygens (including phenoxy) is 1. The number of halogens is 1. The maximum atomic E-state index is 5.21. The van der Waals surface area contributed by atoms with Crippen LogP contribution in [-0.2, 0) is 10.1 Å². The number of hydrogen-bond donors (Lipinski definition) is 0. The molecule has 0 aliphatic carbocycles. The van der Waals surface area contributed by atoms with Gasteiger partial charge in [0, 0.05) is 31.7 Å². The Morgan fingerprint density at radius 1 is 1.57 bits per heavy atom. The number of pyridine rings is 1. The molecule has 1 aromatic rings. The molecule has 1 aliphatic rings. The van der Waals surface area contributed by atoms with Crippen LogP contribution < -0.4 is 4.90 Å². The van der Waals surface area contributed by atoms with Crippen molar-refractivity contribution in [3.8, 4) is 0 Å². The Morgan fingerprint density at radius 3 is 2.86 bits per heavy atom. The van der Waals surface area contributed by atoms with Crippen molar-refractivity contribution in [3.63, 3.8) is 0 Å². The van der Waals surface area contributed by atoms with Gasteiger partial charge in [0.2, 0.25) is 0 Å². The molecular formula is C10H13BrN2O. The minimum Gasteiger partial charge on any atom is -0.378 e. The van der Waals surface area contributed by atoms with Crippen molar-refractivity contribution in [3.05, 3.63) is 23.9 Å². The molecule has 14 heavy (non-hydrogen) atoms. The van der Waals surface area contributed by atoms with Crippen LogP contribution >= 0.6 is 15.9 Å². The molecular weight excluding hydrogens is 244 g/mol. The van der Waals surface area contributed by atoms with Crippen LogP contribution in [0.15, 0.2) is 18.3 Å². The van der Waals surface area contributed by atoms with Gasteiger partial charge in [0.05, 0.1) is 6.10 Å². The first kappa shape index (κ1) is 9.93. The van der Waals surface area contributed by atoms with Crippen molar-refractivity contribution in [1.82, 2.24) is 4.98 Å². The van der Waals surface area contributed by atoms with E-state index in [1.165, 1.54) is 5.56 Å². The fraction of sp³-hybridized carbons (Fsp3) is 0.500. The normalized spacial score (nSPS) is 16.9. The average molecular weight is 257 g/mol. The number of methoxy groups -OCH3 is 1. The molecule has 2 rings (SSSR count). The topological polar surface area (TPSA) is 25.4 Å². The van der Waals surface area contributed by atoms with Crippen molar-refractivity contribution >= 4 is 21.7 Å². The van der Waals surface area contributed by atoms with Gasteiger partial charge in [-0.2, -0.15) is 0 Å². The largest absolute Gasteiger partial charge is 0.378 e. The molecule has 0 atom stereocenters. The summed E-state index contributed by atoms with van der Waals surface area (Å²) in [6.45, 7) is 1.91. The third-order valence-electron chi connectivity index (χ3n) is 2.47. The summed E-state index contributed by atoms with van der Waals surface area (Å²) in [7, 11) is 1.75. The molecule has 0 N–H and O–H groups in total. The van der Waals surface area contributed by atoms with Gasteiger partial charge in [0.25, 0.3) is 0 Å². The van der Waals surface area contributed by atoms with E-state index in [1.807, 2.05) is 6.20 Å². The Bertz CT molecular complexity index is 295. The van der Waals surface area contributed by atoms with E-state index in [9.17, 15) is 0 Å². The predicted molar refractivity (Wildman–Crippen MR) is 59.9 cm³/mol. The van der Waals surface area contributed by atoms with Crippen LogP contribution in [0.5, 0.6) is 0 Å². The van der Waals surface area contributed by atoms with E-state index < -0.39 is 0 Å². The summed E-state index contributed by atoms with van der Waals surface area (Å²) < 4.78 is 5.21. The van der Waals surface area contributed by atoms with Crippen LogP contribution in [-0.4, -0.2) is 31.3 Å². The molecule has 0 aromatic carbocycles. The summed E-state index contributed by atoms with van der Waals surface area (Å²) in [5.74, 6) is 1.04. The first-order chi connectivity index (χ1) is 6.83. The van der Waals surface area contributed by atoms with E-state index in [2.05, 4.69) is 37.9 Å². The molecule has 0 amide bonds. The molecule has 4 heteroatoms. The van der Waals surface area contributed by atoms with E-state index in [-0.39, 0.29) is 0 Å². The van der Waals surface area contributed by atoms with E-state index in [0.29, 0.717) is 6.10 Å². The lowest BCUT2D eigenvalue weighted by molar-refractivity contribution is 0.0783. The summed E-state index contributed by atoms with van der Waals surface area (Å²) >= 11 is 3.40. The van der Waals surface area contributed by atoms with Crippen molar-refractivity contribution < 1.29 is 4.74 Å². The summed E-state index contributed by atoms with van der Waals surface area (Å²) in [4.78, 5) is 6.60. The maximum Gasteiger partial charge on any atom is 0.128 e. The highest BCUT2D eigenvalue weighted by atomic mass is 79.9. The zero-order chi connectivity index (χ0) is 9.97. The molecule has 2 heterocycles. The molecule has 0 saturated carbocycles. The molecule has 0 unspecified atom stereocenters. The van der Waals surface area contributed by atoms with Gasteiger partial charge < -0.3 is 9.64 Å². The average Bonchev–Trinajstić information content (AvgIpc) is 2.17. The first-order valence-corrected chi connectivity index (χ1v) is 5.74. The van der Waals surface area contributed by atoms with Crippen molar-refractivity contribution in [2.45, 2.75) is 11.4 Å². The predicted octanol–water partition coefficient (Wildman–Crippen LogP) is 1.81. The standard InChI is InChI=1S/C10H13BrN2O/c1-14-9-6-13(7-9)10-3-2-8(4-11)5-12-10/h2-3,5,9H,4,6-7H2,1H3. The fourth-order valence-electron chi connectivity index (χ4n) is 1.46. The Kier molecular flexibility index (Phi) is 3.03. The highest BCUT2D eigenvalue weighted by Crippen LogP contribution is 2.20. The second kappa shape index (κ2) is 4.28. The van der Waals surface area contributed by atoms with Crippen LogP contribution in [0, 0.1) is 0 Å². The summed E-state index contributed by atoms with van der Waals surface area (Å²) in [5, 5.41) is 0.862.